The van der Waals surface area contributed by atoms with E-state index in [9.17, 15) is 0 Å². The van der Waals surface area contributed by atoms with E-state index in [1.54, 1.807) is 11.8 Å². The number of nitriles is 1. The molecule has 0 unspecified atom stereocenters. The van der Waals surface area contributed by atoms with Crippen LogP contribution in [0.1, 0.15) is 26.7 Å². The topological polar surface area (TPSA) is 35.8 Å². The average Bonchev–Trinajstić information content (AvgIpc) is 2.44. The summed E-state index contributed by atoms with van der Waals surface area (Å²) in [5, 5.41) is 12.1. The summed E-state index contributed by atoms with van der Waals surface area (Å²) in [6.07, 6.45) is 9.96. The molecule has 0 saturated heterocycles. The summed E-state index contributed by atoms with van der Waals surface area (Å²) in [6.45, 7) is 4.76. The third kappa shape index (κ3) is 8.32. The Morgan fingerprint density at radius 1 is 1.37 bits per heavy atom. The fourth-order valence-electron chi connectivity index (χ4n) is 1.21. The number of allylic oxidation sites excluding steroid dienone is 6. The molecule has 0 aromatic rings. The molecule has 0 heterocycles. The SMILES string of the molecule is CCC/C=C(C#CCNC)/C=C\C(C#N)=C(/C)SC. The van der Waals surface area contributed by atoms with E-state index < -0.39 is 0 Å². The molecule has 0 aliphatic carbocycles. The molecule has 0 atom stereocenters. The summed E-state index contributed by atoms with van der Waals surface area (Å²) in [6, 6.07) is 2.22. The molecule has 102 valence electrons. The Bertz CT molecular complexity index is 453. The highest BCUT2D eigenvalue weighted by atomic mass is 32.2. The molecule has 1 N–H and O–H groups in total. The van der Waals surface area contributed by atoms with Gasteiger partial charge in [0.15, 0.2) is 0 Å². The Labute approximate surface area is 121 Å². The first-order valence-corrected chi connectivity index (χ1v) is 7.58. The minimum absolute atomic E-state index is 0.669. The largest absolute Gasteiger partial charge is 0.309 e. The third-order valence-corrected chi connectivity index (χ3v) is 3.22. The number of nitrogens with one attached hydrogen (secondary N) is 1. The van der Waals surface area contributed by atoms with Gasteiger partial charge < -0.3 is 5.32 Å². The van der Waals surface area contributed by atoms with Crippen LogP contribution in [-0.4, -0.2) is 19.8 Å². The van der Waals surface area contributed by atoms with Gasteiger partial charge in [-0.3, -0.25) is 0 Å². The third-order valence-electron chi connectivity index (χ3n) is 2.39. The number of thioether (sulfide) groups is 1. The van der Waals surface area contributed by atoms with Crippen LogP contribution in [0, 0.1) is 23.2 Å². The zero-order valence-corrected chi connectivity index (χ0v) is 13.0. The summed E-state index contributed by atoms with van der Waals surface area (Å²) in [4.78, 5) is 1.02. The fourth-order valence-corrected chi connectivity index (χ4v) is 1.55. The zero-order valence-electron chi connectivity index (χ0n) is 12.2. The average molecular weight is 274 g/mol. The van der Waals surface area contributed by atoms with Crippen molar-refractivity contribution in [2.75, 3.05) is 19.8 Å². The van der Waals surface area contributed by atoms with Crippen molar-refractivity contribution in [2.24, 2.45) is 0 Å². The van der Waals surface area contributed by atoms with Crippen molar-refractivity contribution in [3.8, 4) is 17.9 Å². The van der Waals surface area contributed by atoms with Gasteiger partial charge in [0, 0.05) is 5.57 Å². The van der Waals surface area contributed by atoms with Gasteiger partial charge >= 0.3 is 0 Å². The minimum atomic E-state index is 0.669. The van der Waals surface area contributed by atoms with Crippen molar-refractivity contribution >= 4 is 11.8 Å². The smallest absolute Gasteiger partial charge is 0.0999 e. The quantitative estimate of drug-likeness (QED) is 0.456. The van der Waals surface area contributed by atoms with Gasteiger partial charge in [-0.05, 0) is 43.7 Å². The first-order valence-electron chi connectivity index (χ1n) is 6.36. The molecule has 0 amide bonds. The van der Waals surface area contributed by atoms with Crippen molar-refractivity contribution < 1.29 is 0 Å². The van der Waals surface area contributed by atoms with E-state index in [0.29, 0.717) is 12.1 Å². The molecule has 0 aliphatic heterocycles. The van der Waals surface area contributed by atoms with Crippen LogP contribution in [0.25, 0.3) is 0 Å². The monoisotopic (exact) mass is 274 g/mol. The maximum atomic E-state index is 9.09. The van der Waals surface area contributed by atoms with Gasteiger partial charge in [0.1, 0.15) is 0 Å². The molecule has 0 aliphatic rings. The standard InChI is InChI=1S/C16H22N2S/c1-5-6-8-15(9-7-12-18-3)10-11-16(13-17)14(2)19-4/h8,10-11,18H,5-6,12H2,1-4H3/b11-10-,15-8+,16-14-. The molecule has 0 aromatic heterocycles. The lowest BCUT2D eigenvalue weighted by molar-refractivity contribution is 0.937. The van der Waals surface area contributed by atoms with Crippen molar-refractivity contribution in [3.05, 3.63) is 34.3 Å². The molecule has 0 bridgehead atoms. The molecule has 3 heteroatoms. The van der Waals surface area contributed by atoms with E-state index in [2.05, 4.69) is 36.2 Å². The van der Waals surface area contributed by atoms with Crippen LogP contribution in [0.3, 0.4) is 0 Å². The highest BCUT2D eigenvalue weighted by Crippen LogP contribution is 2.16. The van der Waals surface area contributed by atoms with Crippen LogP contribution in [0.5, 0.6) is 0 Å². The van der Waals surface area contributed by atoms with E-state index in [1.807, 2.05) is 32.4 Å². The molecular formula is C16H22N2S. The van der Waals surface area contributed by atoms with E-state index >= 15 is 0 Å². The Hall–Kier alpha value is -1.42. The Morgan fingerprint density at radius 3 is 2.63 bits per heavy atom. The summed E-state index contributed by atoms with van der Waals surface area (Å²) >= 11 is 1.59. The molecule has 0 radical (unpaired) electrons. The lowest BCUT2D eigenvalue weighted by atomic mass is 10.1. The van der Waals surface area contributed by atoms with Gasteiger partial charge in [0.2, 0.25) is 0 Å². The number of rotatable bonds is 6. The van der Waals surface area contributed by atoms with Gasteiger partial charge in [0.05, 0.1) is 18.2 Å². The summed E-state index contributed by atoms with van der Waals surface area (Å²) in [5.74, 6) is 6.16. The predicted molar refractivity (Wildman–Crippen MR) is 85.7 cm³/mol. The molecule has 0 saturated carbocycles. The van der Waals surface area contributed by atoms with Crippen molar-refractivity contribution in [1.29, 1.82) is 5.26 Å². The van der Waals surface area contributed by atoms with Gasteiger partial charge in [0.25, 0.3) is 0 Å². The van der Waals surface area contributed by atoms with Crippen LogP contribution in [-0.2, 0) is 0 Å². The predicted octanol–water partition coefficient (Wildman–Crippen LogP) is 3.65. The second-order valence-corrected chi connectivity index (χ2v) is 4.92. The Kier molecular flexibility index (Phi) is 10.8. The molecule has 0 rings (SSSR count). The summed E-state index contributed by atoms with van der Waals surface area (Å²) in [5.41, 5.74) is 1.67. The van der Waals surface area contributed by atoms with E-state index in [4.69, 9.17) is 5.26 Å². The maximum Gasteiger partial charge on any atom is 0.0999 e. The van der Waals surface area contributed by atoms with Crippen molar-refractivity contribution in [1.82, 2.24) is 5.32 Å². The molecular weight excluding hydrogens is 252 g/mol. The highest BCUT2D eigenvalue weighted by molar-refractivity contribution is 8.02. The van der Waals surface area contributed by atoms with Crippen molar-refractivity contribution in [3.63, 3.8) is 0 Å². The zero-order chi connectivity index (χ0) is 14.5. The highest BCUT2D eigenvalue weighted by Gasteiger charge is 1.96. The van der Waals surface area contributed by atoms with Gasteiger partial charge in [-0.25, -0.2) is 0 Å². The maximum absolute atomic E-state index is 9.09. The number of unbranched alkanes of at least 4 members (excludes halogenated alkanes) is 1. The Balaban J connectivity index is 5.03. The first-order chi connectivity index (χ1) is 9.19. The van der Waals surface area contributed by atoms with Gasteiger partial charge in [-0.1, -0.05) is 31.3 Å². The van der Waals surface area contributed by atoms with Crippen LogP contribution in [0.15, 0.2) is 34.3 Å². The molecule has 0 aromatic carbocycles. The van der Waals surface area contributed by atoms with Crippen LogP contribution in [0.2, 0.25) is 0 Å². The lowest BCUT2D eigenvalue weighted by Gasteiger charge is -1.97. The molecule has 0 fully saturated rings. The number of hydrogen-bond donors (Lipinski definition) is 1. The van der Waals surface area contributed by atoms with E-state index in [1.165, 1.54) is 0 Å². The van der Waals surface area contributed by atoms with Crippen molar-refractivity contribution in [2.45, 2.75) is 26.7 Å². The second-order valence-electron chi connectivity index (χ2n) is 3.90. The number of hydrogen-bond acceptors (Lipinski definition) is 3. The second kappa shape index (κ2) is 11.7. The first kappa shape index (κ1) is 17.6. The summed E-state index contributed by atoms with van der Waals surface area (Å²) in [7, 11) is 1.87. The number of nitrogens with zero attached hydrogens (tertiary/aromatic N) is 1. The van der Waals surface area contributed by atoms with Gasteiger partial charge in [-0.15, -0.1) is 11.8 Å². The summed E-state index contributed by atoms with van der Waals surface area (Å²) < 4.78 is 0. The normalized spacial score (nSPS) is 12.7. The molecule has 2 nitrogen and oxygen atoms in total. The van der Waals surface area contributed by atoms with Crippen LogP contribution < -0.4 is 5.32 Å². The van der Waals surface area contributed by atoms with E-state index in [-0.39, 0.29) is 0 Å². The van der Waals surface area contributed by atoms with Crippen LogP contribution >= 0.6 is 11.8 Å². The lowest BCUT2D eigenvalue weighted by Crippen LogP contribution is -2.04. The fraction of sp³-hybridized carbons (Fsp3) is 0.438. The minimum Gasteiger partial charge on any atom is -0.309 e. The Morgan fingerprint density at radius 2 is 2.11 bits per heavy atom. The van der Waals surface area contributed by atoms with E-state index in [0.717, 1.165) is 23.3 Å². The molecule has 19 heavy (non-hydrogen) atoms. The van der Waals surface area contributed by atoms with Gasteiger partial charge in [-0.2, -0.15) is 5.26 Å². The van der Waals surface area contributed by atoms with Crippen LogP contribution in [0.4, 0.5) is 0 Å². The molecule has 0 spiro atoms.